The summed E-state index contributed by atoms with van der Waals surface area (Å²) in [6.45, 7) is 0. The Hall–Kier alpha value is -4.52. The van der Waals surface area contributed by atoms with Gasteiger partial charge in [-0.2, -0.15) is 0 Å². The molecule has 0 atom stereocenters. The lowest BCUT2D eigenvalue weighted by Gasteiger charge is -2.08. The molecule has 0 radical (unpaired) electrons. The van der Waals surface area contributed by atoms with E-state index in [4.69, 9.17) is 10.0 Å². The summed E-state index contributed by atoms with van der Waals surface area (Å²) in [5.41, 5.74) is 16.9. The molecule has 9 rings (SSSR count). The molecule has 2 aliphatic carbocycles. The van der Waals surface area contributed by atoms with E-state index in [-0.39, 0.29) is 7.43 Å². The van der Waals surface area contributed by atoms with Crippen molar-refractivity contribution in [3.63, 3.8) is 0 Å². The van der Waals surface area contributed by atoms with Crippen LogP contribution in [0, 0.1) is 0 Å². The third kappa shape index (κ3) is 7.93. The highest BCUT2D eigenvalue weighted by Gasteiger charge is 2.20. The molecule has 0 aromatic heterocycles. The molecule has 0 spiro atoms. The van der Waals surface area contributed by atoms with Crippen molar-refractivity contribution in [2.45, 2.75) is 20.3 Å². The number of benzene rings is 7. The highest BCUT2D eigenvalue weighted by Crippen LogP contribution is 2.41. The molecule has 5 heteroatoms. The van der Waals surface area contributed by atoms with Gasteiger partial charge in [-0.05, 0) is 121 Å². The summed E-state index contributed by atoms with van der Waals surface area (Å²) in [6.07, 6.45) is 2.10. The molecule has 7 aromatic rings. The van der Waals surface area contributed by atoms with Gasteiger partial charge in [0.2, 0.25) is 0 Å². The first-order valence-corrected chi connectivity index (χ1v) is 17.9. The fraction of sp³-hybridized carbons (Fsp3) is 0.0667. The van der Waals surface area contributed by atoms with Crippen LogP contribution in [0.3, 0.4) is 0 Å². The average molecular weight is 780 g/mol. The fourth-order valence-electron chi connectivity index (χ4n) is 6.53. The Labute approximate surface area is 312 Å². The van der Waals surface area contributed by atoms with E-state index in [1.165, 1.54) is 66.8 Å². The summed E-state index contributed by atoms with van der Waals surface area (Å²) in [6, 6.07) is 56.7. The van der Waals surface area contributed by atoms with Gasteiger partial charge in [-0.3, -0.25) is 0 Å². The van der Waals surface area contributed by atoms with Gasteiger partial charge in [0.1, 0.15) is 0 Å². The van der Waals surface area contributed by atoms with Crippen LogP contribution in [0.15, 0.2) is 173 Å². The van der Waals surface area contributed by atoms with Crippen LogP contribution in [0.5, 0.6) is 0 Å². The lowest BCUT2D eigenvalue weighted by atomic mass is 9.81. The molecule has 50 heavy (non-hydrogen) atoms. The second kappa shape index (κ2) is 16.0. The van der Waals surface area contributed by atoms with Gasteiger partial charge in [-0.1, -0.05) is 167 Å². The van der Waals surface area contributed by atoms with Crippen LogP contribution >= 0.6 is 31.9 Å². The van der Waals surface area contributed by atoms with Gasteiger partial charge >= 0.3 is 7.12 Å². The first kappa shape index (κ1) is 35.3. The van der Waals surface area contributed by atoms with Gasteiger partial charge in [0.25, 0.3) is 0 Å². The van der Waals surface area contributed by atoms with Crippen molar-refractivity contribution in [1.29, 1.82) is 0 Å². The van der Waals surface area contributed by atoms with Crippen LogP contribution in [0.2, 0.25) is 0 Å². The first-order chi connectivity index (χ1) is 23.9. The molecular weight excluding hydrogens is 743 g/mol. The van der Waals surface area contributed by atoms with E-state index < -0.39 is 7.12 Å². The van der Waals surface area contributed by atoms with Crippen LogP contribution in [0.4, 0.5) is 0 Å². The van der Waals surface area contributed by atoms with Crippen LogP contribution in [0.25, 0.3) is 44.5 Å². The van der Waals surface area contributed by atoms with Gasteiger partial charge in [-0.25, -0.2) is 0 Å². The Morgan fingerprint density at radius 1 is 0.380 bits per heavy atom. The third-order valence-electron chi connectivity index (χ3n) is 9.02. The molecule has 0 saturated carbocycles. The lowest BCUT2D eigenvalue weighted by Crippen LogP contribution is -2.29. The molecule has 0 amide bonds. The Kier molecular flexibility index (Phi) is 11.3. The molecule has 246 valence electrons. The lowest BCUT2D eigenvalue weighted by molar-refractivity contribution is 0.426. The predicted molar refractivity (Wildman–Crippen MR) is 219 cm³/mol. The van der Waals surface area contributed by atoms with Crippen LogP contribution in [-0.4, -0.2) is 17.2 Å². The monoisotopic (exact) mass is 778 g/mol. The first-order valence-electron chi connectivity index (χ1n) is 16.3. The molecule has 2 N–H and O–H groups in total. The van der Waals surface area contributed by atoms with E-state index in [1.807, 2.05) is 6.07 Å². The Balaban J connectivity index is 0.000000147. The van der Waals surface area contributed by atoms with Gasteiger partial charge < -0.3 is 10.0 Å². The minimum absolute atomic E-state index is 0. The zero-order chi connectivity index (χ0) is 33.7. The quantitative estimate of drug-likeness (QED) is 0.175. The number of hydrogen-bond donors (Lipinski definition) is 2. The average Bonchev–Trinajstić information content (AvgIpc) is 3.70. The van der Waals surface area contributed by atoms with E-state index >= 15 is 0 Å². The van der Waals surface area contributed by atoms with Gasteiger partial charge in [0.15, 0.2) is 0 Å². The maximum Gasteiger partial charge on any atom is 0.488 e. The highest BCUT2D eigenvalue weighted by atomic mass is 79.9. The van der Waals surface area contributed by atoms with Crippen molar-refractivity contribution in [2.24, 2.45) is 0 Å². The Bertz CT molecular complexity index is 2080. The normalized spacial score (nSPS) is 11.3. The summed E-state index contributed by atoms with van der Waals surface area (Å²) in [5, 5.41) is 17.2. The van der Waals surface area contributed by atoms with Crippen molar-refractivity contribution >= 4 is 44.4 Å². The molecule has 2 nitrogen and oxygen atoms in total. The number of hydrogen-bond acceptors (Lipinski definition) is 2. The molecule has 0 fully saturated rings. The molecule has 0 heterocycles. The standard InChI is InChI=1S/C25H18.C13H8Br2.C6H7BO2.CH4/c1-3-7-18(8-4-1)20-11-13-22-15-23-14-12-21(17-25(23)24(22)16-20)19-9-5-2-6-10-19;14-10-3-1-8-5-9-2-4-11(15)7-13(9)12(8)6-10;8-7(9)6-4-2-1-3-5-6;/h1-14,16-17H,15H2;1-4,6-7H,5H2;1-5,8-9H;1H4. The topological polar surface area (TPSA) is 40.5 Å². The maximum absolute atomic E-state index is 8.58. The third-order valence-corrected chi connectivity index (χ3v) is 10.0. The second-order valence-corrected chi connectivity index (χ2v) is 14.0. The van der Waals surface area contributed by atoms with Crippen molar-refractivity contribution < 1.29 is 10.0 Å². The fourth-order valence-corrected chi connectivity index (χ4v) is 7.25. The molecular formula is C45H37BBr2O2. The number of rotatable bonds is 3. The van der Waals surface area contributed by atoms with Gasteiger partial charge in [-0.15, -0.1) is 0 Å². The van der Waals surface area contributed by atoms with Crippen LogP contribution < -0.4 is 5.46 Å². The maximum atomic E-state index is 8.58. The van der Waals surface area contributed by atoms with Crippen LogP contribution in [0.1, 0.15) is 29.7 Å². The van der Waals surface area contributed by atoms with E-state index in [0.717, 1.165) is 21.8 Å². The summed E-state index contributed by atoms with van der Waals surface area (Å²) in [5.74, 6) is 0. The zero-order valence-electron chi connectivity index (χ0n) is 26.7. The van der Waals surface area contributed by atoms with Crippen molar-refractivity contribution in [1.82, 2.24) is 0 Å². The molecule has 0 bridgehead atoms. The molecule has 0 unspecified atom stereocenters. The molecule has 2 aliphatic rings. The largest absolute Gasteiger partial charge is 0.488 e. The van der Waals surface area contributed by atoms with Crippen molar-refractivity contribution in [2.75, 3.05) is 0 Å². The van der Waals surface area contributed by atoms with E-state index in [2.05, 4.69) is 165 Å². The number of halogens is 2. The Morgan fingerprint density at radius 3 is 1.08 bits per heavy atom. The molecule has 0 saturated heterocycles. The van der Waals surface area contributed by atoms with Gasteiger partial charge in [0.05, 0.1) is 0 Å². The van der Waals surface area contributed by atoms with Crippen LogP contribution in [-0.2, 0) is 12.8 Å². The summed E-state index contributed by atoms with van der Waals surface area (Å²) in [7, 11) is -1.34. The summed E-state index contributed by atoms with van der Waals surface area (Å²) in [4.78, 5) is 0. The SMILES string of the molecule is Brc1ccc2c(c1)-c1cc(Br)ccc1C2.C.OB(O)c1ccccc1.c1ccc(-c2ccc3c(c2)-c2cc(-c4ccccc4)ccc2C3)cc1. The van der Waals surface area contributed by atoms with E-state index in [0.29, 0.717) is 5.46 Å². The summed E-state index contributed by atoms with van der Waals surface area (Å²) < 4.78 is 2.29. The molecule has 7 aromatic carbocycles. The van der Waals surface area contributed by atoms with E-state index in [9.17, 15) is 0 Å². The van der Waals surface area contributed by atoms with Crippen molar-refractivity contribution in [3.8, 4) is 44.5 Å². The minimum atomic E-state index is -1.34. The zero-order valence-corrected chi connectivity index (χ0v) is 29.9. The Morgan fingerprint density at radius 2 is 0.720 bits per heavy atom. The predicted octanol–water partition coefficient (Wildman–Crippen LogP) is 11.4. The second-order valence-electron chi connectivity index (χ2n) is 12.2. The van der Waals surface area contributed by atoms with E-state index in [1.54, 1.807) is 24.3 Å². The summed E-state index contributed by atoms with van der Waals surface area (Å²) >= 11 is 7.05. The minimum Gasteiger partial charge on any atom is -0.423 e. The van der Waals surface area contributed by atoms with Crippen molar-refractivity contribution in [3.05, 3.63) is 195 Å². The van der Waals surface area contributed by atoms with Gasteiger partial charge in [0, 0.05) is 8.95 Å². The highest BCUT2D eigenvalue weighted by molar-refractivity contribution is 9.10. The smallest absolute Gasteiger partial charge is 0.423 e. The molecule has 0 aliphatic heterocycles. The number of fused-ring (bicyclic) bond motifs is 6.